The van der Waals surface area contributed by atoms with Crippen molar-refractivity contribution in [3.8, 4) is 0 Å². The van der Waals surface area contributed by atoms with Gasteiger partial charge in [-0.05, 0) is 63.5 Å². The quantitative estimate of drug-likeness (QED) is 0.728. The number of likely N-dealkylation sites (tertiary alicyclic amines) is 1. The fourth-order valence-corrected chi connectivity index (χ4v) is 5.14. The Labute approximate surface area is 180 Å². The van der Waals surface area contributed by atoms with Gasteiger partial charge >= 0.3 is 0 Å². The fourth-order valence-electron chi connectivity index (χ4n) is 5.14. The van der Waals surface area contributed by atoms with Gasteiger partial charge in [-0.1, -0.05) is 25.5 Å². The Morgan fingerprint density at radius 1 is 1.20 bits per heavy atom. The van der Waals surface area contributed by atoms with E-state index in [0.29, 0.717) is 0 Å². The number of hydrogen-bond acceptors (Lipinski definition) is 4. The molecule has 2 heterocycles. The first-order valence-corrected chi connectivity index (χ1v) is 11.7. The zero-order chi connectivity index (χ0) is 21.3. The van der Waals surface area contributed by atoms with E-state index in [-0.39, 0.29) is 18.5 Å². The van der Waals surface area contributed by atoms with Crippen LogP contribution in [0.15, 0.2) is 18.2 Å². The Morgan fingerprint density at radius 2 is 1.93 bits per heavy atom. The zero-order valence-electron chi connectivity index (χ0n) is 18.9. The molecular weight excluding hydrogens is 374 g/mol. The van der Waals surface area contributed by atoms with Crippen molar-refractivity contribution in [1.82, 2.24) is 20.0 Å². The maximum atomic E-state index is 12.5. The van der Waals surface area contributed by atoms with Gasteiger partial charge in [-0.15, -0.1) is 0 Å². The van der Waals surface area contributed by atoms with E-state index in [1.54, 1.807) is 0 Å². The Hall–Kier alpha value is -2.08. The molecule has 0 unspecified atom stereocenters. The molecule has 2 aliphatic rings. The maximum Gasteiger partial charge on any atom is 0.239 e. The van der Waals surface area contributed by atoms with Crippen LogP contribution in [0.2, 0.25) is 0 Å². The number of rotatable bonds is 7. The molecule has 2 fully saturated rings. The number of carbonyl (C=O) groups excluding carboxylic acids is 1. The molecule has 4 rings (SSSR count). The van der Waals surface area contributed by atoms with Gasteiger partial charge in [0.05, 0.1) is 18.1 Å². The summed E-state index contributed by atoms with van der Waals surface area (Å²) < 4.78 is 1.98. The van der Waals surface area contributed by atoms with Crippen LogP contribution in [0.3, 0.4) is 0 Å². The van der Waals surface area contributed by atoms with Crippen LogP contribution in [0.4, 0.5) is 5.82 Å². The number of amides is 1. The van der Waals surface area contributed by atoms with Gasteiger partial charge < -0.3 is 10.6 Å². The number of nitrogens with zero attached hydrogens (tertiary/aromatic N) is 3. The van der Waals surface area contributed by atoms with Crippen molar-refractivity contribution >= 4 is 22.6 Å². The van der Waals surface area contributed by atoms with E-state index in [9.17, 15) is 4.79 Å². The minimum atomic E-state index is 0.0509. The van der Waals surface area contributed by atoms with Gasteiger partial charge in [0.15, 0.2) is 5.82 Å². The topological polar surface area (TPSA) is 62.2 Å². The number of anilines is 1. The number of carbonyl (C=O) groups is 1. The highest BCUT2D eigenvalue weighted by Gasteiger charge is 2.35. The first-order valence-electron chi connectivity index (χ1n) is 11.7. The second kappa shape index (κ2) is 8.96. The molecule has 0 radical (unpaired) electrons. The van der Waals surface area contributed by atoms with E-state index < -0.39 is 0 Å². The normalized spacial score (nSPS) is 23.0. The molecule has 1 amide bonds. The smallest absolute Gasteiger partial charge is 0.239 e. The molecule has 0 spiro atoms. The lowest BCUT2D eigenvalue weighted by molar-refractivity contribution is -0.121. The van der Waals surface area contributed by atoms with Gasteiger partial charge in [-0.25, -0.2) is 0 Å². The summed E-state index contributed by atoms with van der Waals surface area (Å²) in [5.74, 6) is 2.56. The van der Waals surface area contributed by atoms with Crippen LogP contribution in [0.1, 0.15) is 52.0 Å². The lowest BCUT2D eigenvalue weighted by Crippen LogP contribution is -2.63. The minimum absolute atomic E-state index is 0.0509. The summed E-state index contributed by atoms with van der Waals surface area (Å²) in [6.45, 7) is 11.9. The number of aromatic nitrogens is 2. The predicted octanol–water partition coefficient (Wildman–Crippen LogP) is 3.79. The van der Waals surface area contributed by atoms with Gasteiger partial charge in [0.2, 0.25) is 5.91 Å². The third kappa shape index (κ3) is 4.48. The van der Waals surface area contributed by atoms with Crippen molar-refractivity contribution in [2.75, 3.05) is 25.0 Å². The molecule has 6 heteroatoms. The minimum Gasteiger partial charge on any atom is -0.359 e. The monoisotopic (exact) mass is 411 g/mol. The summed E-state index contributed by atoms with van der Waals surface area (Å²) in [7, 11) is 0. The van der Waals surface area contributed by atoms with Crippen LogP contribution in [0.25, 0.3) is 10.9 Å². The standard InChI is InChI=1S/C24H37N5O/c1-5-29-22-11-6-17(4)12-21(22)24(27-29)25-13-23(30)26-19-14-28(15-19)20-9-7-18(8-10-20)16(2)3/h6,11-12,16,18-20H,5,7-10,13-15H2,1-4H3,(H,25,27)(H,26,30). The average Bonchev–Trinajstić information content (AvgIpc) is 3.05. The Bertz CT molecular complexity index is 875. The third-order valence-electron chi connectivity index (χ3n) is 7.10. The molecule has 6 nitrogen and oxygen atoms in total. The SMILES string of the molecule is CCn1nc(NCC(=O)NC2CN(C3CCC(C(C)C)CC3)C2)c2cc(C)ccc21. The molecule has 0 atom stereocenters. The molecule has 1 aromatic carbocycles. The fraction of sp³-hybridized carbons (Fsp3) is 0.667. The van der Waals surface area contributed by atoms with Crippen molar-refractivity contribution < 1.29 is 4.79 Å². The molecule has 2 aromatic rings. The maximum absolute atomic E-state index is 12.5. The second-order valence-electron chi connectivity index (χ2n) is 9.57. The Kier molecular flexibility index (Phi) is 6.32. The molecule has 1 aliphatic carbocycles. The van der Waals surface area contributed by atoms with Crippen LogP contribution in [-0.2, 0) is 11.3 Å². The third-order valence-corrected chi connectivity index (χ3v) is 7.10. The van der Waals surface area contributed by atoms with E-state index in [1.165, 1.54) is 31.2 Å². The molecule has 1 aromatic heterocycles. The van der Waals surface area contributed by atoms with E-state index in [0.717, 1.165) is 54.2 Å². The van der Waals surface area contributed by atoms with E-state index in [1.807, 2.05) is 4.68 Å². The average molecular weight is 412 g/mol. The van der Waals surface area contributed by atoms with Crippen LogP contribution in [-0.4, -0.2) is 52.3 Å². The van der Waals surface area contributed by atoms with E-state index in [4.69, 9.17) is 0 Å². The van der Waals surface area contributed by atoms with Crippen LogP contribution < -0.4 is 10.6 Å². The van der Waals surface area contributed by atoms with Gasteiger partial charge in [0, 0.05) is 31.1 Å². The number of nitrogens with one attached hydrogen (secondary N) is 2. The van der Waals surface area contributed by atoms with Gasteiger partial charge in [-0.2, -0.15) is 5.10 Å². The first kappa shape index (κ1) is 21.2. The molecule has 2 N–H and O–H groups in total. The summed E-state index contributed by atoms with van der Waals surface area (Å²) in [4.78, 5) is 15.0. The first-order chi connectivity index (χ1) is 14.4. The number of fused-ring (bicyclic) bond motifs is 1. The lowest BCUT2D eigenvalue weighted by Gasteiger charge is -2.47. The van der Waals surface area contributed by atoms with Crippen molar-refractivity contribution in [3.63, 3.8) is 0 Å². The van der Waals surface area contributed by atoms with Gasteiger partial charge in [-0.3, -0.25) is 14.4 Å². The molecule has 1 saturated heterocycles. The van der Waals surface area contributed by atoms with Crippen molar-refractivity contribution in [2.24, 2.45) is 11.8 Å². The largest absolute Gasteiger partial charge is 0.359 e. The molecule has 1 aliphatic heterocycles. The summed E-state index contributed by atoms with van der Waals surface area (Å²) in [6.07, 6.45) is 5.35. The van der Waals surface area contributed by atoms with Crippen LogP contribution in [0, 0.1) is 18.8 Å². The van der Waals surface area contributed by atoms with E-state index in [2.05, 4.69) is 66.5 Å². The van der Waals surface area contributed by atoms with E-state index >= 15 is 0 Å². The summed E-state index contributed by atoms with van der Waals surface area (Å²) in [5, 5.41) is 12.2. The predicted molar refractivity (Wildman–Crippen MR) is 123 cm³/mol. The molecule has 30 heavy (non-hydrogen) atoms. The highest BCUT2D eigenvalue weighted by Crippen LogP contribution is 2.33. The second-order valence-corrected chi connectivity index (χ2v) is 9.57. The number of aryl methyl sites for hydroxylation is 2. The molecule has 0 bridgehead atoms. The van der Waals surface area contributed by atoms with Crippen molar-refractivity contribution in [3.05, 3.63) is 23.8 Å². The molecular formula is C24H37N5O. The van der Waals surface area contributed by atoms with Crippen LogP contribution in [0.5, 0.6) is 0 Å². The summed E-state index contributed by atoms with van der Waals surface area (Å²) in [6, 6.07) is 7.34. The van der Waals surface area contributed by atoms with Gasteiger partial charge in [0.25, 0.3) is 0 Å². The lowest BCUT2D eigenvalue weighted by atomic mass is 9.78. The summed E-state index contributed by atoms with van der Waals surface area (Å²) in [5.41, 5.74) is 2.30. The number of hydrogen-bond donors (Lipinski definition) is 2. The zero-order valence-corrected chi connectivity index (χ0v) is 18.9. The summed E-state index contributed by atoms with van der Waals surface area (Å²) >= 11 is 0. The molecule has 1 saturated carbocycles. The molecule has 164 valence electrons. The van der Waals surface area contributed by atoms with Crippen LogP contribution >= 0.6 is 0 Å². The van der Waals surface area contributed by atoms with Crippen molar-refractivity contribution in [2.45, 2.75) is 72.0 Å². The van der Waals surface area contributed by atoms with Crippen molar-refractivity contribution in [1.29, 1.82) is 0 Å². The Balaban J connectivity index is 1.23. The Morgan fingerprint density at radius 3 is 2.60 bits per heavy atom. The highest BCUT2D eigenvalue weighted by atomic mass is 16.2. The number of benzene rings is 1. The highest BCUT2D eigenvalue weighted by molar-refractivity contribution is 5.92. The van der Waals surface area contributed by atoms with Gasteiger partial charge in [0.1, 0.15) is 0 Å².